The number of ether oxygens (including phenoxy) is 5. The summed E-state index contributed by atoms with van der Waals surface area (Å²) in [5.74, 6) is 0.229. The molecule has 0 saturated carbocycles. The number of nitrogens with two attached hydrogens (primary N) is 2. The van der Waals surface area contributed by atoms with Crippen molar-refractivity contribution in [1.29, 1.82) is 0 Å². The van der Waals surface area contributed by atoms with Gasteiger partial charge in [0, 0.05) is 0 Å². The Bertz CT molecular complexity index is 1000. The lowest BCUT2D eigenvalue weighted by Crippen LogP contribution is -2.24. The van der Waals surface area contributed by atoms with Crippen molar-refractivity contribution in [2.45, 2.75) is 52.7 Å². The fourth-order valence-electron chi connectivity index (χ4n) is 2.41. The second kappa shape index (κ2) is 13.2. The fourth-order valence-corrected chi connectivity index (χ4v) is 3.50. The minimum absolute atomic E-state index is 0.229. The zero-order valence-electron chi connectivity index (χ0n) is 19.7. The Labute approximate surface area is 200 Å². The van der Waals surface area contributed by atoms with Crippen LogP contribution in [0.15, 0.2) is 12.7 Å². The van der Waals surface area contributed by atoms with Gasteiger partial charge in [-0.15, -0.1) is 0 Å². The van der Waals surface area contributed by atoms with Crippen molar-refractivity contribution in [3.8, 4) is 0 Å². The summed E-state index contributed by atoms with van der Waals surface area (Å²) in [6, 6.07) is 0. The highest BCUT2D eigenvalue weighted by Crippen LogP contribution is 2.48. The van der Waals surface area contributed by atoms with Gasteiger partial charge >= 0.3 is 19.9 Å². The Kier molecular flexibility index (Phi) is 10.6. The molecule has 0 aliphatic carbocycles. The third-order valence-corrected chi connectivity index (χ3v) is 5.33. The van der Waals surface area contributed by atoms with Gasteiger partial charge in [-0.25, -0.2) is 24.5 Å². The van der Waals surface area contributed by atoms with Crippen LogP contribution in [0.3, 0.4) is 0 Å². The van der Waals surface area contributed by atoms with Crippen LogP contribution in [0.1, 0.15) is 27.7 Å². The molecule has 16 nitrogen and oxygen atoms in total. The second-order valence-electron chi connectivity index (χ2n) is 7.32. The Morgan fingerprint density at radius 3 is 2.26 bits per heavy atom. The Balaban J connectivity index is 1.95. The number of rotatable bonds is 13. The van der Waals surface area contributed by atoms with E-state index >= 15 is 0 Å². The number of carbonyl (C=O) groups is 2. The van der Waals surface area contributed by atoms with Gasteiger partial charge in [-0.05, 0) is 27.7 Å². The molecule has 2 aromatic rings. The quantitative estimate of drug-likeness (QED) is 0.219. The van der Waals surface area contributed by atoms with Gasteiger partial charge in [0.25, 0.3) is 0 Å². The zero-order valence-corrected chi connectivity index (χ0v) is 20.6. The lowest BCUT2D eigenvalue weighted by molar-refractivity contribution is -0.0375. The van der Waals surface area contributed by atoms with E-state index in [-0.39, 0.29) is 12.4 Å². The first kappa shape index (κ1) is 28.2. The van der Waals surface area contributed by atoms with Crippen LogP contribution >= 0.6 is 7.60 Å². The minimum Gasteiger partial charge on any atom is -0.432 e. The van der Waals surface area contributed by atoms with E-state index in [2.05, 4.69) is 24.4 Å². The van der Waals surface area contributed by atoms with E-state index in [1.807, 2.05) is 0 Å². The Hall–Kier alpha value is -3.04. The molecule has 196 valence electrons. The van der Waals surface area contributed by atoms with Gasteiger partial charge in [-0.2, -0.15) is 0 Å². The number of aromatic nitrogens is 4. The largest absolute Gasteiger partial charge is 0.511 e. The molecule has 35 heavy (non-hydrogen) atoms. The number of hydrogen-bond acceptors (Lipinski definition) is 15. The average molecular weight is 520 g/mol. The predicted octanol–water partition coefficient (Wildman–Crippen LogP) is 1.93. The van der Waals surface area contributed by atoms with Crippen molar-refractivity contribution >= 4 is 36.9 Å². The van der Waals surface area contributed by atoms with E-state index in [9.17, 15) is 14.2 Å². The van der Waals surface area contributed by atoms with Crippen molar-refractivity contribution < 1.29 is 46.9 Å². The number of hydrogen-bond donors (Lipinski definition) is 2. The smallest absolute Gasteiger partial charge is 0.432 e. The summed E-state index contributed by atoms with van der Waals surface area (Å²) >= 11 is 0. The number of nitrogen functional groups attached to an aromatic ring is 1. The normalized spacial score (nSPS) is 14.8. The molecule has 0 spiro atoms. The minimum atomic E-state index is -4.09. The van der Waals surface area contributed by atoms with Crippen LogP contribution in [0, 0.1) is 0 Å². The van der Waals surface area contributed by atoms with Crippen LogP contribution in [-0.2, 0) is 43.8 Å². The molecule has 2 rings (SSSR count). The first-order valence-corrected chi connectivity index (χ1v) is 12.1. The SMILES string of the molecule is CC(C)OC(=O)OCOP(=O)(CO[C@H](C)Cn1cnc2c(N)ncnc21)OCOC(=O)OC(C)N. The number of nitrogens with zero attached hydrogens (tertiary/aromatic N) is 4. The summed E-state index contributed by atoms with van der Waals surface area (Å²) < 4.78 is 49.2. The van der Waals surface area contributed by atoms with E-state index in [4.69, 9.17) is 34.7 Å². The van der Waals surface area contributed by atoms with Crippen molar-refractivity contribution in [2.75, 3.05) is 25.7 Å². The number of anilines is 1. The lowest BCUT2D eigenvalue weighted by Gasteiger charge is -2.21. The monoisotopic (exact) mass is 520 g/mol. The first-order valence-electron chi connectivity index (χ1n) is 10.3. The maximum Gasteiger partial charge on any atom is 0.511 e. The molecule has 2 heterocycles. The summed E-state index contributed by atoms with van der Waals surface area (Å²) in [6.07, 6.45) is -1.84. The van der Waals surface area contributed by atoms with Gasteiger partial charge in [0.05, 0.1) is 25.1 Å². The summed E-state index contributed by atoms with van der Waals surface area (Å²) in [4.78, 5) is 35.1. The molecule has 3 atom stereocenters. The maximum atomic E-state index is 13.1. The van der Waals surface area contributed by atoms with E-state index in [1.165, 1.54) is 19.6 Å². The van der Waals surface area contributed by atoms with Crippen molar-refractivity contribution in [2.24, 2.45) is 5.73 Å². The molecule has 0 radical (unpaired) electrons. The van der Waals surface area contributed by atoms with E-state index in [0.29, 0.717) is 11.2 Å². The standard InChI is InChI=1S/C18H29N6O10P/c1-11(2)33-17(25)28-8-31-35(27,32-9-29-18(26)34-13(4)19)10-30-12(3)5-24-7-23-14-15(20)21-6-22-16(14)24/h6-7,11-13H,5,8-10,19H2,1-4H3,(H2,20,21,22)/t12-,13?,35?/m1/s1. The molecule has 0 fully saturated rings. The van der Waals surface area contributed by atoms with Gasteiger partial charge in [0.2, 0.25) is 13.6 Å². The molecule has 0 aromatic carbocycles. The van der Waals surface area contributed by atoms with Crippen LogP contribution in [0.2, 0.25) is 0 Å². The number of carbonyl (C=O) groups excluding carboxylic acids is 2. The molecule has 4 N–H and O–H groups in total. The zero-order chi connectivity index (χ0) is 26.0. The van der Waals surface area contributed by atoms with E-state index in [0.717, 1.165) is 0 Å². The summed E-state index contributed by atoms with van der Waals surface area (Å²) in [5.41, 5.74) is 12.0. The molecule has 2 unspecified atom stereocenters. The lowest BCUT2D eigenvalue weighted by atomic mass is 10.4. The van der Waals surface area contributed by atoms with Gasteiger partial charge in [-0.3, -0.25) is 19.3 Å². The van der Waals surface area contributed by atoms with Gasteiger partial charge in [0.1, 0.15) is 18.2 Å². The van der Waals surface area contributed by atoms with Gasteiger partial charge in [-0.1, -0.05) is 0 Å². The maximum absolute atomic E-state index is 13.1. The molecule has 0 saturated heterocycles. The first-order chi connectivity index (χ1) is 16.5. The highest BCUT2D eigenvalue weighted by atomic mass is 31.2. The van der Waals surface area contributed by atoms with Crippen LogP contribution in [0.4, 0.5) is 15.4 Å². The van der Waals surface area contributed by atoms with Crippen molar-refractivity contribution in [1.82, 2.24) is 19.5 Å². The third kappa shape index (κ3) is 9.62. The Morgan fingerprint density at radius 1 is 1.03 bits per heavy atom. The highest BCUT2D eigenvalue weighted by Gasteiger charge is 2.29. The molecule has 0 bridgehead atoms. The molecule has 2 aromatic heterocycles. The van der Waals surface area contributed by atoms with Crippen LogP contribution in [0.5, 0.6) is 0 Å². The van der Waals surface area contributed by atoms with Gasteiger partial charge < -0.3 is 34.0 Å². The third-order valence-electron chi connectivity index (χ3n) is 3.87. The number of imidazole rings is 1. The molecule has 0 amide bonds. The predicted molar refractivity (Wildman–Crippen MR) is 119 cm³/mol. The van der Waals surface area contributed by atoms with Crippen LogP contribution in [-0.4, -0.2) is 70.2 Å². The fraction of sp³-hybridized carbons (Fsp3) is 0.611. The average Bonchev–Trinajstić information content (AvgIpc) is 3.15. The van der Waals surface area contributed by atoms with Crippen LogP contribution < -0.4 is 11.5 Å². The van der Waals surface area contributed by atoms with E-state index < -0.39 is 58.3 Å². The topological polar surface area (TPSA) is 211 Å². The number of fused-ring (bicyclic) bond motifs is 1. The van der Waals surface area contributed by atoms with E-state index in [1.54, 1.807) is 25.3 Å². The van der Waals surface area contributed by atoms with Crippen molar-refractivity contribution in [3.05, 3.63) is 12.7 Å². The highest BCUT2D eigenvalue weighted by molar-refractivity contribution is 7.53. The molecule has 0 aliphatic heterocycles. The Morgan fingerprint density at radius 2 is 1.66 bits per heavy atom. The molecule has 0 aliphatic rings. The summed E-state index contributed by atoms with van der Waals surface area (Å²) in [5, 5.41) is 0. The second-order valence-corrected chi connectivity index (χ2v) is 9.31. The summed E-state index contributed by atoms with van der Waals surface area (Å²) in [6.45, 7) is 5.01. The van der Waals surface area contributed by atoms with Crippen LogP contribution in [0.25, 0.3) is 11.2 Å². The molecular weight excluding hydrogens is 491 g/mol. The van der Waals surface area contributed by atoms with Crippen molar-refractivity contribution in [3.63, 3.8) is 0 Å². The molecular formula is C18H29N6O10P. The summed E-state index contributed by atoms with van der Waals surface area (Å²) in [7, 11) is -4.09. The van der Waals surface area contributed by atoms with Gasteiger partial charge in [0.15, 0.2) is 17.7 Å². The molecule has 17 heteroatoms.